The third kappa shape index (κ3) is 8.39. The molecule has 0 aromatic heterocycles. The highest BCUT2D eigenvalue weighted by Gasteiger charge is 2.12. The van der Waals surface area contributed by atoms with E-state index in [1.165, 1.54) is 0 Å². The van der Waals surface area contributed by atoms with E-state index in [-0.39, 0.29) is 11.5 Å². The van der Waals surface area contributed by atoms with Gasteiger partial charge in [-0.15, -0.1) is 0 Å². The second-order valence-electron chi connectivity index (χ2n) is 4.67. The maximum Gasteiger partial charge on any atom is 0.224 e. The van der Waals surface area contributed by atoms with Gasteiger partial charge in [-0.1, -0.05) is 0 Å². The monoisotopic (exact) mass is 216 g/mol. The van der Waals surface area contributed by atoms with Crippen molar-refractivity contribution in [3.63, 3.8) is 0 Å². The molecule has 0 aromatic rings. The fraction of sp³-hybridized carbons (Fsp3) is 0.909. The third-order valence-electron chi connectivity index (χ3n) is 1.97. The highest BCUT2D eigenvalue weighted by molar-refractivity contribution is 5.75. The van der Waals surface area contributed by atoms with Gasteiger partial charge in [0.15, 0.2) is 0 Å². The molecule has 0 unspecified atom stereocenters. The number of nitrogens with two attached hydrogens (primary N) is 1. The lowest BCUT2D eigenvalue weighted by atomic mass is 10.2. The van der Waals surface area contributed by atoms with Crippen LogP contribution in [0, 0.1) is 0 Å². The van der Waals surface area contributed by atoms with E-state index < -0.39 is 0 Å². The molecule has 90 valence electrons. The molecule has 0 rings (SSSR count). The van der Waals surface area contributed by atoms with Crippen LogP contribution in [-0.4, -0.2) is 43.2 Å². The van der Waals surface area contributed by atoms with Crippen molar-refractivity contribution < 1.29 is 9.53 Å². The highest BCUT2D eigenvalue weighted by atomic mass is 16.5. The topological polar surface area (TPSA) is 55.6 Å². The molecule has 4 nitrogen and oxygen atoms in total. The van der Waals surface area contributed by atoms with Crippen LogP contribution in [0.15, 0.2) is 0 Å². The summed E-state index contributed by atoms with van der Waals surface area (Å²) in [5.41, 5.74) is 5.20. The van der Waals surface area contributed by atoms with E-state index in [2.05, 4.69) is 0 Å². The Kier molecular flexibility index (Phi) is 6.52. The lowest BCUT2D eigenvalue weighted by Crippen LogP contribution is -2.31. The van der Waals surface area contributed by atoms with Crippen LogP contribution in [0.4, 0.5) is 0 Å². The van der Waals surface area contributed by atoms with Gasteiger partial charge in [-0.3, -0.25) is 4.79 Å². The molecule has 4 heteroatoms. The van der Waals surface area contributed by atoms with Crippen LogP contribution in [0.2, 0.25) is 0 Å². The lowest BCUT2D eigenvalue weighted by Gasteiger charge is -2.21. The number of rotatable bonds is 6. The van der Waals surface area contributed by atoms with Crippen molar-refractivity contribution in [1.29, 1.82) is 0 Å². The van der Waals surface area contributed by atoms with E-state index in [0.29, 0.717) is 19.6 Å². The van der Waals surface area contributed by atoms with E-state index in [4.69, 9.17) is 10.5 Å². The first kappa shape index (κ1) is 14.4. The first-order valence-electron chi connectivity index (χ1n) is 5.45. The number of carbonyl (C=O) groups excluding carboxylic acids is 1. The second-order valence-corrected chi connectivity index (χ2v) is 4.67. The van der Waals surface area contributed by atoms with Crippen LogP contribution in [0.1, 0.15) is 33.6 Å². The van der Waals surface area contributed by atoms with Gasteiger partial charge < -0.3 is 15.4 Å². The van der Waals surface area contributed by atoms with Crippen LogP contribution in [0.3, 0.4) is 0 Å². The molecule has 0 saturated heterocycles. The van der Waals surface area contributed by atoms with Crippen LogP contribution in [0.25, 0.3) is 0 Å². The van der Waals surface area contributed by atoms with Gasteiger partial charge in [-0.05, 0) is 33.7 Å². The fourth-order valence-corrected chi connectivity index (χ4v) is 1.09. The van der Waals surface area contributed by atoms with E-state index in [1.54, 1.807) is 11.9 Å². The minimum absolute atomic E-state index is 0.118. The predicted octanol–water partition coefficient (Wildman–Crippen LogP) is 0.999. The Morgan fingerprint density at radius 2 is 2.00 bits per heavy atom. The minimum Gasteiger partial charge on any atom is -0.375 e. The molecule has 0 atom stereocenters. The smallest absolute Gasteiger partial charge is 0.224 e. The van der Waals surface area contributed by atoms with Crippen molar-refractivity contribution >= 4 is 5.91 Å². The summed E-state index contributed by atoms with van der Waals surface area (Å²) in [6.45, 7) is 7.77. The first-order valence-corrected chi connectivity index (χ1v) is 5.45. The van der Waals surface area contributed by atoms with Crippen molar-refractivity contribution in [2.75, 3.05) is 26.7 Å². The average Bonchev–Trinajstić information content (AvgIpc) is 2.11. The van der Waals surface area contributed by atoms with E-state index in [1.807, 2.05) is 20.8 Å². The summed E-state index contributed by atoms with van der Waals surface area (Å²) in [6.07, 6.45) is 1.29. The number of carbonyl (C=O) groups is 1. The van der Waals surface area contributed by atoms with Crippen LogP contribution >= 0.6 is 0 Å². The molecule has 0 aromatic carbocycles. The Morgan fingerprint density at radius 1 is 1.40 bits per heavy atom. The van der Waals surface area contributed by atoms with Gasteiger partial charge in [-0.2, -0.15) is 0 Å². The zero-order chi connectivity index (χ0) is 11.9. The molecule has 0 bridgehead atoms. The summed E-state index contributed by atoms with van der Waals surface area (Å²) >= 11 is 0. The maximum absolute atomic E-state index is 11.5. The Bertz CT molecular complexity index is 188. The van der Waals surface area contributed by atoms with Gasteiger partial charge in [0.2, 0.25) is 5.91 Å². The second kappa shape index (κ2) is 6.80. The summed E-state index contributed by atoms with van der Waals surface area (Å²) in [5, 5.41) is 0. The molecule has 0 aliphatic rings. The average molecular weight is 216 g/mol. The lowest BCUT2D eigenvalue weighted by molar-refractivity contribution is -0.132. The van der Waals surface area contributed by atoms with Crippen LogP contribution in [0.5, 0.6) is 0 Å². The molecule has 2 N–H and O–H groups in total. The molecule has 15 heavy (non-hydrogen) atoms. The summed E-state index contributed by atoms with van der Waals surface area (Å²) < 4.78 is 5.48. The van der Waals surface area contributed by atoms with Crippen LogP contribution in [-0.2, 0) is 9.53 Å². The summed E-state index contributed by atoms with van der Waals surface area (Å²) in [6, 6.07) is 0. The summed E-state index contributed by atoms with van der Waals surface area (Å²) in [4.78, 5) is 13.2. The Balaban J connectivity index is 3.64. The minimum atomic E-state index is -0.171. The van der Waals surface area contributed by atoms with Gasteiger partial charge in [0.1, 0.15) is 0 Å². The van der Waals surface area contributed by atoms with E-state index in [0.717, 1.165) is 13.0 Å². The van der Waals surface area contributed by atoms with Gasteiger partial charge in [0, 0.05) is 13.6 Å². The fourth-order valence-electron chi connectivity index (χ4n) is 1.09. The zero-order valence-corrected chi connectivity index (χ0v) is 10.4. The third-order valence-corrected chi connectivity index (χ3v) is 1.97. The molecule has 0 heterocycles. The summed E-state index contributed by atoms with van der Waals surface area (Å²) in [5.74, 6) is 0.118. The Hall–Kier alpha value is -0.610. The van der Waals surface area contributed by atoms with Crippen molar-refractivity contribution in [1.82, 2.24) is 4.90 Å². The Labute approximate surface area is 92.8 Å². The molecule has 0 saturated carbocycles. The molecule has 1 amide bonds. The molecular formula is C11H24N2O2. The molecule has 0 aliphatic carbocycles. The number of hydrogen-bond acceptors (Lipinski definition) is 3. The normalized spacial score (nSPS) is 11.5. The van der Waals surface area contributed by atoms with Gasteiger partial charge >= 0.3 is 0 Å². The number of hydrogen-bond donors (Lipinski definition) is 1. The van der Waals surface area contributed by atoms with E-state index in [9.17, 15) is 4.79 Å². The van der Waals surface area contributed by atoms with Crippen LogP contribution < -0.4 is 5.73 Å². The maximum atomic E-state index is 11.5. The quantitative estimate of drug-likeness (QED) is 0.720. The molecular weight excluding hydrogens is 192 g/mol. The number of nitrogens with zero attached hydrogens (tertiary/aromatic N) is 1. The summed E-state index contributed by atoms with van der Waals surface area (Å²) in [7, 11) is 1.80. The molecule has 0 aliphatic heterocycles. The standard InChI is InChI=1S/C11H24N2O2/c1-11(2,3)15-9-6-10(14)13(4)8-5-7-12/h5-9,12H2,1-4H3. The molecule has 0 fully saturated rings. The largest absolute Gasteiger partial charge is 0.375 e. The number of amides is 1. The molecule has 0 radical (unpaired) electrons. The van der Waals surface area contributed by atoms with Crippen molar-refractivity contribution in [2.24, 2.45) is 5.73 Å². The van der Waals surface area contributed by atoms with Gasteiger partial charge in [0.25, 0.3) is 0 Å². The van der Waals surface area contributed by atoms with Gasteiger partial charge in [-0.25, -0.2) is 0 Å². The first-order chi connectivity index (χ1) is 6.87. The van der Waals surface area contributed by atoms with Crippen molar-refractivity contribution in [2.45, 2.75) is 39.2 Å². The van der Waals surface area contributed by atoms with Gasteiger partial charge in [0.05, 0.1) is 18.6 Å². The zero-order valence-electron chi connectivity index (χ0n) is 10.4. The van der Waals surface area contributed by atoms with E-state index >= 15 is 0 Å². The highest BCUT2D eigenvalue weighted by Crippen LogP contribution is 2.07. The number of ether oxygens (including phenoxy) is 1. The SMILES string of the molecule is CN(CCCN)C(=O)CCOC(C)(C)C. The van der Waals surface area contributed by atoms with Crippen molar-refractivity contribution in [3.8, 4) is 0 Å². The van der Waals surface area contributed by atoms with Crippen molar-refractivity contribution in [3.05, 3.63) is 0 Å². The Morgan fingerprint density at radius 3 is 2.47 bits per heavy atom. The predicted molar refractivity (Wildman–Crippen MR) is 61.6 cm³/mol. The molecule has 0 spiro atoms.